The summed E-state index contributed by atoms with van der Waals surface area (Å²) < 4.78 is 0. The van der Waals surface area contributed by atoms with Gasteiger partial charge in [-0.1, -0.05) is 37.1 Å². The van der Waals surface area contributed by atoms with Gasteiger partial charge in [0.2, 0.25) is 13.3 Å². The molecule has 0 amide bonds. The number of para-hydroxylation sites is 4. The molecule has 1 saturated carbocycles. The van der Waals surface area contributed by atoms with Gasteiger partial charge in [-0.15, -0.1) is 0 Å². The topological polar surface area (TPSA) is 13.0 Å². The van der Waals surface area contributed by atoms with Gasteiger partial charge in [-0.3, -0.25) is 0 Å². The third kappa shape index (κ3) is 2.35. The second kappa shape index (κ2) is 6.11. The van der Waals surface area contributed by atoms with E-state index in [0.717, 1.165) is 0 Å². The third-order valence-electron chi connectivity index (χ3n) is 5.88. The van der Waals surface area contributed by atoms with E-state index in [1.54, 1.807) is 0 Å². The van der Waals surface area contributed by atoms with Crippen molar-refractivity contribution in [3.05, 3.63) is 61.9 Å². The average molecular weight is 344 g/mol. The van der Waals surface area contributed by atoms with Gasteiger partial charge in [0.1, 0.15) is 0 Å². The number of benzene rings is 2. The summed E-state index contributed by atoms with van der Waals surface area (Å²) in [5.74, 6) is 0. The van der Waals surface area contributed by atoms with Crippen LogP contribution in [-0.2, 0) is 0 Å². The van der Waals surface area contributed by atoms with Crippen LogP contribution in [0.5, 0.6) is 0 Å². The van der Waals surface area contributed by atoms with Crippen LogP contribution < -0.4 is 19.6 Å². The highest BCUT2D eigenvalue weighted by atomic mass is 15.4. The van der Waals surface area contributed by atoms with Gasteiger partial charge in [0.15, 0.2) is 0 Å². The largest absolute Gasteiger partial charge is 0.343 e. The van der Waals surface area contributed by atoms with E-state index < -0.39 is 0 Å². The minimum absolute atomic E-state index is 0.405. The number of anilines is 4. The van der Waals surface area contributed by atoms with Gasteiger partial charge in [-0.25, -0.2) is 0 Å². The van der Waals surface area contributed by atoms with Crippen molar-refractivity contribution in [1.82, 2.24) is 0 Å². The summed E-state index contributed by atoms with van der Waals surface area (Å²) in [4.78, 5) is 9.00. The van der Waals surface area contributed by atoms with E-state index in [1.807, 2.05) is 0 Å². The van der Waals surface area contributed by atoms with Gasteiger partial charge >= 0.3 is 0 Å². The lowest BCUT2D eigenvalue weighted by atomic mass is 9.87. The molecule has 2 aliphatic heterocycles. The van der Waals surface area contributed by atoms with E-state index in [2.05, 4.69) is 95.6 Å². The molecule has 2 heterocycles. The second-order valence-corrected chi connectivity index (χ2v) is 7.45. The quantitative estimate of drug-likeness (QED) is 0.809. The number of rotatable bonds is 2. The van der Waals surface area contributed by atoms with Crippen molar-refractivity contribution in [2.24, 2.45) is 0 Å². The fourth-order valence-electron chi connectivity index (χ4n) is 4.64. The molecule has 1 fully saturated rings. The summed E-state index contributed by atoms with van der Waals surface area (Å²) >= 11 is 0. The molecule has 26 heavy (non-hydrogen) atoms. The molecule has 5 rings (SSSR count). The van der Waals surface area contributed by atoms with Gasteiger partial charge in [-0.2, -0.15) is 0 Å². The van der Waals surface area contributed by atoms with Crippen LogP contribution in [0, 0.1) is 13.3 Å². The van der Waals surface area contributed by atoms with Gasteiger partial charge in [0.25, 0.3) is 0 Å². The maximum absolute atomic E-state index is 3.58. The molecular weight excluding hydrogens is 320 g/mol. The highest BCUT2D eigenvalue weighted by Crippen LogP contribution is 2.45. The number of fused-ring (bicyclic) bond motifs is 2. The lowest BCUT2D eigenvalue weighted by Crippen LogP contribution is -2.52. The molecular formula is C22H24N4. The minimum Gasteiger partial charge on any atom is -0.343 e. The normalized spacial score (nSPS) is 24.8. The zero-order valence-corrected chi connectivity index (χ0v) is 15.4. The third-order valence-corrected chi connectivity index (χ3v) is 5.88. The van der Waals surface area contributed by atoms with Crippen molar-refractivity contribution < 1.29 is 0 Å². The highest BCUT2D eigenvalue weighted by Gasteiger charge is 2.41. The van der Waals surface area contributed by atoms with Gasteiger partial charge < -0.3 is 19.6 Å². The minimum atomic E-state index is 0.405. The van der Waals surface area contributed by atoms with Crippen LogP contribution in [0.1, 0.15) is 25.7 Å². The fraction of sp³-hybridized carbons (Fsp3) is 0.364. The van der Waals surface area contributed by atoms with Crippen LogP contribution in [0.15, 0.2) is 48.5 Å². The van der Waals surface area contributed by atoms with E-state index in [9.17, 15) is 0 Å². The van der Waals surface area contributed by atoms with Crippen LogP contribution >= 0.6 is 0 Å². The van der Waals surface area contributed by atoms with E-state index >= 15 is 0 Å². The SMILES string of the molecule is CN1[C]N([C@H]2CCCC[C@@H]2N2[C]N(C)c3ccccc32)c2ccccc21. The van der Waals surface area contributed by atoms with Crippen LogP contribution in [0.2, 0.25) is 0 Å². The highest BCUT2D eigenvalue weighted by molar-refractivity contribution is 5.81. The summed E-state index contributed by atoms with van der Waals surface area (Å²) in [5.41, 5.74) is 5.02. The summed E-state index contributed by atoms with van der Waals surface area (Å²) in [5, 5.41) is 0. The fourth-order valence-corrected chi connectivity index (χ4v) is 4.64. The van der Waals surface area contributed by atoms with E-state index in [4.69, 9.17) is 0 Å². The summed E-state index contributed by atoms with van der Waals surface area (Å²) in [7, 11) is 4.18. The van der Waals surface area contributed by atoms with Crippen molar-refractivity contribution >= 4 is 22.7 Å². The molecule has 0 saturated heterocycles. The maximum atomic E-state index is 3.58. The van der Waals surface area contributed by atoms with E-state index in [-0.39, 0.29) is 0 Å². The molecule has 4 nitrogen and oxygen atoms in total. The second-order valence-electron chi connectivity index (χ2n) is 7.45. The van der Waals surface area contributed by atoms with Crippen molar-refractivity contribution in [1.29, 1.82) is 0 Å². The first-order chi connectivity index (χ1) is 12.7. The zero-order chi connectivity index (χ0) is 17.7. The monoisotopic (exact) mass is 344 g/mol. The molecule has 2 aromatic carbocycles. The summed E-state index contributed by atoms with van der Waals surface area (Å²) in [6, 6.07) is 18.1. The van der Waals surface area contributed by atoms with Gasteiger partial charge in [-0.05, 0) is 37.1 Å². The Morgan fingerprint density at radius 2 is 1.04 bits per heavy atom. The Labute approximate surface area is 156 Å². The lowest BCUT2D eigenvalue weighted by molar-refractivity contribution is 0.366. The van der Waals surface area contributed by atoms with Crippen molar-refractivity contribution in [2.45, 2.75) is 37.8 Å². The molecule has 1 aliphatic carbocycles. The molecule has 132 valence electrons. The smallest absolute Gasteiger partial charge is 0.208 e. The predicted octanol–water partition coefficient (Wildman–Crippen LogP) is 4.20. The first kappa shape index (κ1) is 15.9. The predicted molar refractivity (Wildman–Crippen MR) is 107 cm³/mol. The lowest BCUT2D eigenvalue weighted by Gasteiger charge is -2.43. The Hall–Kier alpha value is -2.36. The van der Waals surface area contributed by atoms with Crippen LogP contribution in [0.3, 0.4) is 0 Å². The van der Waals surface area contributed by atoms with Crippen LogP contribution in [0.25, 0.3) is 0 Å². The number of hydrogen-bond acceptors (Lipinski definition) is 4. The standard InChI is InChI=1S/C22H24N4/c1-23-15-25(19-11-5-3-9-17(19)23)21-13-7-8-14-22(21)26-16-24(2)18-10-4-6-12-20(18)26/h3-6,9-12,21-22H,7-8,13-14H2,1-2H3/t21-,22-/m0/s1. The Morgan fingerprint density at radius 3 is 1.46 bits per heavy atom. The Morgan fingerprint density at radius 1 is 0.654 bits per heavy atom. The van der Waals surface area contributed by atoms with E-state index in [1.165, 1.54) is 48.4 Å². The van der Waals surface area contributed by atoms with Gasteiger partial charge in [0.05, 0.1) is 34.8 Å². The molecule has 0 spiro atoms. The molecule has 2 atom stereocenters. The molecule has 0 bridgehead atoms. The first-order valence-electron chi connectivity index (χ1n) is 9.50. The van der Waals surface area contributed by atoms with Gasteiger partial charge in [0, 0.05) is 14.1 Å². The molecule has 2 aromatic rings. The molecule has 0 N–H and O–H groups in total. The molecule has 0 unspecified atom stereocenters. The number of hydrogen-bond donors (Lipinski definition) is 0. The van der Waals surface area contributed by atoms with Crippen molar-refractivity contribution in [2.75, 3.05) is 33.7 Å². The average Bonchev–Trinajstić information content (AvgIpc) is 3.20. The molecule has 4 heteroatoms. The zero-order valence-electron chi connectivity index (χ0n) is 15.4. The van der Waals surface area contributed by atoms with Crippen molar-refractivity contribution in [3.63, 3.8) is 0 Å². The Kier molecular flexibility index (Phi) is 3.73. The molecule has 0 aromatic heterocycles. The van der Waals surface area contributed by atoms with Crippen LogP contribution in [0.4, 0.5) is 22.7 Å². The molecule has 3 aliphatic rings. The Balaban J connectivity index is 1.50. The van der Waals surface area contributed by atoms with E-state index in [0.29, 0.717) is 12.1 Å². The maximum Gasteiger partial charge on any atom is 0.208 e. The molecule has 4 radical (unpaired) electrons. The Bertz CT molecular complexity index is 737. The van der Waals surface area contributed by atoms with Crippen molar-refractivity contribution in [3.8, 4) is 0 Å². The summed E-state index contributed by atoms with van der Waals surface area (Å²) in [6.45, 7) is 7.15. The first-order valence-corrected chi connectivity index (χ1v) is 9.50. The number of nitrogens with zero attached hydrogens (tertiary/aromatic N) is 4. The van der Waals surface area contributed by atoms with Crippen LogP contribution in [-0.4, -0.2) is 26.2 Å². The summed E-state index contributed by atoms with van der Waals surface area (Å²) in [6.07, 6.45) is 4.92.